The van der Waals surface area contributed by atoms with Gasteiger partial charge in [-0.05, 0) is 31.7 Å². The first-order chi connectivity index (χ1) is 11.4. The van der Waals surface area contributed by atoms with E-state index in [1.807, 2.05) is 0 Å². The fourth-order valence-corrected chi connectivity index (χ4v) is 2.93. The van der Waals surface area contributed by atoms with Gasteiger partial charge in [-0.3, -0.25) is 14.9 Å². The topological polar surface area (TPSA) is 98.5 Å². The van der Waals surface area contributed by atoms with Crippen molar-refractivity contribution in [3.05, 3.63) is 39.4 Å². The lowest BCUT2D eigenvalue weighted by atomic mass is 9.86. The largest absolute Gasteiger partial charge is 0.452 e. The van der Waals surface area contributed by atoms with E-state index in [4.69, 9.17) is 4.74 Å². The van der Waals surface area contributed by atoms with Crippen LogP contribution in [-0.4, -0.2) is 29.4 Å². The third-order valence-corrected chi connectivity index (χ3v) is 4.43. The van der Waals surface area contributed by atoms with Gasteiger partial charge in [0.2, 0.25) is 0 Å². The molecule has 1 aromatic rings. The number of benzene rings is 1. The van der Waals surface area contributed by atoms with Crippen molar-refractivity contribution in [1.82, 2.24) is 5.32 Å². The number of nitrogens with one attached hydrogen (secondary N) is 1. The van der Waals surface area contributed by atoms with Crippen molar-refractivity contribution in [2.45, 2.75) is 45.6 Å². The molecule has 1 N–H and O–H groups in total. The standard InChI is InChI=1S/C17H22N2O5/c1-11-5-3-4-6-14(11)18-16(20)10-24-17(21)13-8-7-12(2)15(9-13)19(22)23/h7-9,11,14H,3-6,10H2,1-2H3,(H,18,20)/t11-,14-/m1/s1. The van der Waals surface area contributed by atoms with Gasteiger partial charge in [0, 0.05) is 17.7 Å². The molecule has 1 aliphatic rings. The van der Waals surface area contributed by atoms with Crippen LogP contribution in [0.25, 0.3) is 0 Å². The highest BCUT2D eigenvalue weighted by atomic mass is 16.6. The maximum atomic E-state index is 12.0. The van der Waals surface area contributed by atoms with E-state index in [2.05, 4.69) is 12.2 Å². The molecular formula is C17H22N2O5. The van der Waals surface area contributed by atoms with E-state index in [-0.39, 0.29) is 29.8 Å². The average Bonchev–Trinajstić information content (AvgIpc) is 2.55. The van der Waals surface area contributed by atoms with E-state index < -0.39 is 10.9 Å². The molecule has 0 aromatic heterocycles. The van der Waals surface area contributed by atoms with Crippen LogP contribution in [0.1, 0.15) is 48.5 Å². The maximum absolute atomic E-state index is 12.0. The summed E-state index contributed by atoms with van der Waals surface area (Å²) in [5, 5.41) is 13.8. The molecule has 130 valence electrons. The van der Waals surface area contributed by atoms with Gasteiger partial charge in [0.1, 0.15) is 0 Å². The first kappa shape index (κ1) is 17.9. The molecule has 0 radical (unpaired) electrons. The summed E-state index contributed by atoms with van der Waals surface area (Å²) in [4.78, 5) is 34.2. The predicted molar refractivity (Wildman–Crippen MR) is 87.7 cm³/mol. The Balaban J connectivity index is 1.89. The van der Waals surface area contributed by atoms with Crippen molar-refractivity contribution in [2.75, 3.05) is 6.61 Å². The van der Waals surface area contributed by atoms with Gasteiger partial charge in [0.15, 0.2) is 6.61 Å². The number of rotatable bonds is 5. The monoisotopic (exact) mass is 334 g/mol. The molecule has 7 heteroatoms. The van der Waals surface area contributed by atoms with Crippen molar-refractivity contribution < 1.29 is 19.2 Å². The molecule has 2 rings (SSSR count). The first-order valence-corrected chi connectivity index (χ1v) is 8.10. The number of aryl methyl sites for hydroxylation is 1. The molecule has 1 saturated carbocycles. The summed E-state index contributed by atoms with van der Waals surface area (Å²) < 4.78 is 4.97. The van der Waals surface area contributed by atoms with Crippen LogP contribution in [0.3, 0.4) is 0 Å². The van der Waals surface area contributed by atoms with E-state index in [0.717, 1.165) is 19.3 Å². The van der Waals surface area contributed by atoms with Crippen LogP contribution in [0.15, 0.2) is 18.2 Å². The Kier molecular flexibility index (Phi) is 5.89. The van der Waals surface area contributed by atoms with Crippen molar-refractivity contribution in [1.29, 1.82) is 0 Å². The Hall–Kier alpha value is -2.44. The molecule has 0 bridgehead atoms. The second-order valence-corrected chi connectivity index (χ2v) is 6.27. The molecule has 1 fully saturated rings. The zero-order valence-electron chi connectivity index (χ0n) is 13.9. The minimum atomic E-state index is -0.745. The van der Waals surface area contributed by atoms with Crippen molar-refractivity contribution in [3.8, 4) is 0 Å². The Morgan fingerprint density at radius 2 is 2.04 bits per heavy atom. The Morgan fingerprint density at radius 3 is 2.71 bits per heavy atom. The number of hydrogen-bond donors (Lipinski definition) is 1. The van der Waals surface area contributed by atoms with Gasteiger partial charge >= 0.3 is 5.97 Å². The molecule has 0 spiro atoms. The quantitative estimate of drug-likeness (QED) is 0.507. The minimum absolute atomic E-state index is 0.0612. The third kappa shape index (κ3) is 4.53. The zero-order chi connectivity index (χ0) is 17.7. The van der Waals surface area contributed by atoms with E-state index in [1.54, 1.807) is 6.92 Å². The Labute approximate surface area is 140 Å². The zero-order valence-corrected chi connectivity index (χ0v) is 13.9. The molecule has 1 aromatic carbocycles. The number of carbonyl (C=O) groups is 2. The van der Waals surface area contributed by atoms with Gasteiger partial charge in [-0.25, -0.2) is 4.79 Å². The van der Waals surface area contributed by atoms with E-state index in [1.165, 1.54) is 24.6 Å². The van der Waals surface area contributed by atoms with Crippen molar-refractivity contribution in [2.24, 2.45) is 5.92 Å². The number of carbonyl (C=O) groups excluding carboxylic acids is 2. The second kappa shape index (κ2) is 7.90. The Bertz CT molecular complexity index is 644. The average molecular weight is 334 g/mol. The number of hydrogen-bond acceptors (Lipinski definition) is 5. The highest BCUT2D eigenvalue weighted by Gasteiger charge is 2.23. The molecule has 0 saturated heterocycles. The molecule has 0 unspecified atom stereocenters. The summed E-state index contributed by atoms with van der Waals surface area (Å²) >= 11 is 0. The smallest absolute Gasteiger partial charge is 0.338 e. The number of nitro groups is 1. The highest BCUT2D eigenvalue weighted by Crippen LogP contribution is 2.23. The van der Waals surface area contributed by atoms with Crippen LogP contribution in [-0.2, 0) is 9.53 Å². The predicted octanol–water partition coefficient (Wildman–Crippen LogP) is 2.75. The third-order valence-electron chi connectivity index (χ3n) is 4.43. The molecule has 1 amide bonds. The molecule has 0 aliphatic heterocycles. The number of ether oxygens (including phenoxy) is 1. The van der Waals surface area contributed by atoms with E-state index in [9.17, 15) is 19.7 Å². The molecular weight excluding hydrogens is 312 g/mol. The summed E-state index contributed by atoms with van der Waals surface area (Å²) in [5.41, 5.74) is 0.372. The number of esters is 1. The van der Waals surface area contributed by atoms with E-state index in [0.29, 0.717) is 11.5 Å². The van der Waals surface area contributed by atoms with E-state index >= 15 is 0 Å². The first-order valence-electron chi connectivity index (χ1n) is 8.10. The summed E-state index contributed by atoms with van der Waals surface area (Å²) in [6.07, 6.45) is 4.28. The number of amides is 1. The van der Waals surface area contributed by atoms with Crippen LogP contribution in [0, 0.1) is 23.0 Å². The lowest BCUT2D eigenvalue weighted by Crippen LogP contribution is -2.42. The van der Waals surface area contributed by atoms with Gasteiger partial charge in [0.25, 0.3) is 11.6 Å². The summed E-state index contributed by atoms with van der Waals surface area (Å²) in [5.74, 6) is -0.674. The summed E-state index contributed by atoms with van der Waals surface area (Å²) in [6, 6.07) is 4.22. The van der Waals surface area contributed by atoms with Crippen molar-refractivity contribution in [3.63, 3.8) is 0 Å². The van der Waals surface area contributed by atoms with Gasteiger partial charge < -0.3 is 10.1 Å². The van der Waals surface area contributed by atoms with Gasteiger partial charge in [0.05, 0.1) is 10.5 Å². The molecule has 1 aliphatic carbocycles. The summed E-state index contributed by atoms with van der Waals surface area (Å²) in [6.45, 7) is 3.30. The Morgan fingerprint density at radius 1 is 1.33 bits per heavy atom. The van der Waals surface area contributed by atoms with Crippen molar-refractivity contribution >= 4 is 17.6 Å². The van der Waals surface area contributed by atoms with Crippen LogP contribution < -0.4 is 5.32 Å². The van der Waals surface area contributed by atoms with Crippen LogP contribution in [0.5, 0.6) is 0 Å². The maximum Gasteiger partial charge on any atom is 0.338 e. The fourth-order valence-electron chi connectivity index (χ4n) is 2.93. The van der Waals surface area contributed by atoms with Crippen LogP contribution in [0.2, 0.25) is 0 Å². The van der Waals surface area contributed by atoms with Gasteiger partial charge in [-0.15, -0.1) is 0 Å². The molecule has 2 atom stereocenters. The van der Waals surface area contributed by atoms with Gasteiger partial charge in [-0.2, -0.15) is 0 Å². The second-order valence-electron chi connectivity index (χ2n) is 6.27. The highest BCUT2D eigenvalue weighted by molar-refractivity contribution is 5.92. The number of nitro benzene ring substituents is 1. The van der Waals surface area contributed by atoms with Crippen LogP contribution >= 0.6 is 0 Å². The summed E-state index contributed by atoms with van der Waals surface area (Å²) in [7, 11) is 0. The normalized spacial score (nSPS) is 20.2. The molecule has 7 nitrogen and oxygen atoms in total. The molecule has 24 heavy (non-hydrogen) atoms. The van der Waals surface area contributed by atoms with Crippen LogP contribution in [0.4, 0.5) is 5.69 Å². The molecule has 0 heterocycles. The minimum Gasteiger partial charge on any atom is -0.452 e. The lowest BCUT2D eigenvalue weighted by Gasteiger charge is -2.29. The van der Waals surface area contributed by atoms with Gasteiger partial charge in [-0.1, -0.05) is 25.8 Å². The SMILES string of the molecule is Cc1ccc(C(=O)OCC(=O)N[C@@H]2CCCC[C@H]2C)cc1[N+](=O)[O-]. The lowest BCUT2D eigenvalue weighted by molar-refractivity contribution is -0.385. The fraction of sp³-hybridized carbons (Fsp3) is 0.529. The number of nitrogens with zero attached hydrogens (tertiary/aromatic N) is 1.